The summed E-state index contributed by atoms with van der Waals surface area (Å²) in [6, 6.07) is -0.880. The molecule has 0 bridgehead atoms. The number of carbonyl (C=O) groups is 2. The Morgan fingerprint density at radius 1 is 1.46 bits per heavy atom. The molecule has 0 aliphatic rings. The number of imide groups is 1. The number of nitrogens with two attached hydrogens (primary N) is 1. The number of primary amides is 1. The van der Waals surface area contributed by atoms with Crippen LogP contribution in [0.5, 0.6) is 0 Å². The molecule has 0 heterocycles. The molecule has 0 saturated heterocycles. The zero-order valence-electron chi connectivity index (χ0n) is 7.76. The van der Waals surface area contributed by atoms with Crippen LogP contribution in [0.4, 0.5) is 4.79 Å². The van der Waals surface area contributed by atoms with Gasteiger partial charge < -0.3 is 16.2 Å². The Bertz CT molecular complexity index is 198. The minimum Gasteiger partial charge on any atom is -0.389 e. The molecule has 0 unspecified atom stereocenters. The van der Waals surface area contributed by atoms with E-state index >= 15 is 0 Å². The summed E-state index contributed by atoms with van der Waals surface area (Å²) >= 11 is 0. The van der Waals surface area contributed by atoms with Crippen LogP contribution in [0.1, 0.15) is 13.8 Å². The van der Waals surface area contributed by atoms with Gasteiger partial charge >= 0.3 is 6.03 Å². The maximum Gasteiger partial charge on any atom is 0.318 e. The van der Waals surface area contributed by atoms with Crippen molar-refractivity contribution in [2.75, 3.05) is 13.1 Å². The lowest BCUT2D eigenvalue weighted by molar-refractivity contribution is -0.119. The Balaban J connectivity index is 3.54. The molecule has 0 aliphatic heterocycles. The maximum atomic E-state index is 10.8. The molecule has 13 heavy (non-hydrogen) atoms. The Kier molecular flexibility index (Phi) is 4.36. The number of nitrogens with one attached hydrogen (secondary N) is 2. The van der Waals surface area contributed by atoms with Crippen molar-refractivity contribution in [1.82, 2.24) is 10.6 Å². The topological polar surface area (TPSA) is 104 Å². The van der Waals surface area contributed by atoms with Gasteiger partial charge in [0.1, 0.15) is 0 Å². The zero-order chi connectivity index (χ0) is 10.5. The standard InChI is InChI=1S/C7H15N3O3/c1-7(2,13)4-9-3-5(11)10-6(8)12/h9,13H,3-4H2,1-2H3,(H3,8,10,11,12). The fourth-order valence-electron chi connectivity index (χ4n) is 0.664. The first-order chi connectivity index (χ1) is 5.81. The Morgan fingerprint density at radius 3 is 2.38 bits per heavy atom. The van der Waals surface area contributed by atoms with Crippen molar-refractivity contribution >= 4 is 11.9 Å². The van der Waals surface area contributed by atoms with E-state index in [1.807, 2.05) is 5.32 Å². The van der Waals surface area contributed by atoms with Gasteiger partial charge in [0.15, 0.2) is 0 Å². The zero-order valence-corrected chi connectivity index (χ0v) is 7.76. The van der Waals surface area contributed by atoms with Crippen molar-refractivity contribution in [1.29, 1.82) is 0 Å². The second kappa shape index (κ2) is 4.78. The number of urea groups is 1. The highest BCUT2D eigenvalue weighted by atomic mass is 16.3. The van der Waals surface area contributed by atoms with E-state index in [-0.39, 0.29) is 13.1 Å². The third-order valence-corrected chi connectivity index (χ3v) is 1.11. The van der Waals surface area contributed by atoms with E-state index in [2.05, 4.69) is 5.32 Å². The number of aliphatic hydroxyl groups is 1. The molecule has 3 amide bonds. The Morgan fingerprint density at radius 2 is 2.00 bits per heavy atom. The number of hydrogen-bond donors (Lipinski definition) is 4. The van der Waals surface area contributed by atoms with Crippen LogP contribution < -0.4 is 16.4 Å². The molecule has 6 heteroatoms. The summed E-state index contributed by atoms with van der Waals surface area (Å²) in [7, 11) is 0. The van der Waals surface area contributed by atoms with Crippen molar-refractivity contribution in [3.63, 3.8) is 0 Å². The van der Waals surface area contributed by atoms with Crippen LogP contribution in [0.15, 0.2) is 0 Å². The van der Waals surface area contributed by atoms with Crippen LogP contribution >= 0.6 is 0 Å². The summed E-state index contributed by atoms with van der Waals surface area (Å²) in [5, 5.41) is 13.8. The van der Waals surface area contributed by atoms with E-state index in [0.717, 1.165) is 0 Å². The van der Waals surface area contributed by atoms with Crippen LogP contribution in [0.25, 0.3) is 0 Å². The predicted molar refractivity (Wildman–Crippen MR) is 46.9 cm³/mol. The summed E-state index contributed by atoms with van der Waals surface area (Å²) in [6.45, 7) is 3.42. The molecule has 0 fully saturated rings. The minimum atomic E-state index is -0.882. The third-order valence-electron chi connectivity index (χ3n) is 1.11. The van der Waals surface area contributed by atoms with Gasteiger partial charge in [-0.25, -0.2) is 4.79 Å². The molecule has 5 N–H and O–H groups in total. The molecule has 0 saturated carbocycles. The van der Waals surface area contributed by atoms with Crippen LogP contribution in [0, 0.1) is 0 Å². The largest absolute Gasteiger partial charge is 0.389 e. The van der Waals surface area contributed by atoms with Gasteiger partial charge in [0, 0.05) is 6.54 Å². The second-order valence-electron chi connectivity index (χ2n) is 3.33. The molecule has 76 valence electrons. The molecule has 0 aromatic heterocycles. The van der Waals surface area contributed by atoms with Gasteiger partial charge in [0.05, 0.1) is 12.1 Å². The van der Waals surface area contributed by atoms with Crippen LogP contribution in [0.3, 0.4) is 0 Å². The highest BCUT2D eigenvalue weighted by molar-refractivity contribution is 5.94. The van der Waals surface area contributed by atoms with E-state index in [1.54, 1.807) is 13.8 Å². The smallest absolute Gasteiger partial charge is 0.318 e. The van der Waals surface area contributed by atoms with Crippen molar-refractivity contribution in [2.24, 2.45) is 5.73 Å². The first kappa shape index (κ1) is 11.9. The van der Waals surface area contributed by atoms with Crippen molar-refractivity contribution in [2.45, 2.75) is 19.4 Å². The van der Waals surface area contributed by atoms with Gasteiger partial charge in [0.25, 0.3) is 0 Å². The van der Waals surface area contributed by atoms with Gasteiger partial charge in [-0.2, -0.15) is 0 Å². The average Bonchev–Trinajstić information content (AvgIpc) is 1.81. The van der Waals surface area contributed by atoms with Crippen molar-refractivity contribution in [3.8, 4) is 0 Å². The lowest BCUT2D eigenvalue weighted by Gasteiger charge is -2.16. The molecule has 0 atom stereocenters. The molecule has 0 aromatic carbocycles. The Hall–Kier alpha value is -1.14. The van der Waals surface area contributed by atoms with E-state index in [0.29, 0.717) is 0 Å². The summed E-state index contributed by atoms with van der Waals surface area (Å²) in [6.07, 6.45) is 0. The number of amides is 3. The van der Waals surface area contributed by atoms with Gasteiger partial charge in [0.2, 0.25) is 5.91 Å². The quantitative estimate of drug-likeness (QED) is 0.434. The first-order valence-electron chi connectivity index (χ1n) is 3.83. The monoisotopic (exact) mass is 189 g/mol. The fourth-order valence-corrected chi connectivity index (χ4v) is 0.664. The van der Waals surface area contributed by atoms with Crippen molar-refractivity contribution < 1.29 is 14.7 Å². The molecule has 0 aromatic rings. The van der Waals surface area contributed by atoms with Gasteiger partial charge in [-0.05, 0) is 13.8 Å². The highest BCUT2D eigenvalue weighted by Crippen LogP contribution is 1.96. The van der Waals surface area contributed by atoms with Crippen LogP contribution in [-0.2, 0) is 4.79 Å². The first-order valence-corrected chi connectivity index (χ1v) is 3.83. The van der Waals surface area contributed by atoms with Gasteiger partial charge in [-0.1, -0.05) is 0 Å². The summed E-state index contributed by atoms with van der Waals surface area (Å²) < 4.78 is 0. The molecule has 0 aliphatic carbocycles. The van der Waals surface area contributed by atoms with Crippen LogP contribution in [0.2, 0.25) is 0 Å². The molecule has 0 spiro atoms. The van der Waals surface area contributed by atoms with Gasteiger partial charge in [-0.3, -0.25) is 10.1 Å². The predicted octanol–water partition coefficient (Wildman–Crippen LogP) is -1.46. The van der Waals surface area contributed by atoms with E-state index in [9.17, 15) is 14.7 Å². The SMILES string of the molecule is CC(C)(O)CNCC(=O)NC(N)=O. The normalized spacial score (nSPS) is 11.0. The van der Waals surface area contributed by atoms with Gasteiger partial charge in [-0.15, -0.1) is 0 Å². The summed E-state index contributed by atoms with van der Waals surface area (Å²) in [5.41, 5.74) is 3.82. The van der Waals surface area contributed by atoms with Crippen molar-refractivity contribution in [3.05, 3.63) is 0 Å². The highest BCUT2D eigenvalue weighted by Gasteiger charge is 2.12. The number of carbonyl (C=O) groups excluding carboxylic acids is 2. The molecule has 0 rings (SSSR count). The van der Waals surface area contributed by atoms with E-state index in [4.69, 9.17) is 5.73 Å². The maximum absolute atomic E-state index is 10.8. The van der Waals surface area contributed by atoms with Crippen LogP contribution in [-0.4, -0.2) is 35.7 Å². The van der Waals surface area contributed by atoms with E-state index in [1.165, 1.54) is 0 Å². The Labute approximate surface area is 76.5 Å². The third kappa shape index (κ3) is 8.77. The minimum absolute atomic E-state index is 0.0487. The fraction of sp³-hybridized carbons (Fsp3) is 0.714. The molecular formula is C7H15N3O3. The van der Waals surface area contributed by atoms with E-state index < -0.39 is 17.5 Å². The second-order valence-corrected chi connectivity index (χ2v) is 3.33. The molecular weight excluding hydrogens is 174 g/mol. The number of hydrogen-bond acceptors (Lipinski definition) is 4. The molecule has 0 radical (unpaired) electrons. The average molecular weight is 189 g/mol. The summed E-state index contributed by atoms with van der Waals surface area (Å²) in [5.74, 6) is -0.517. The number of rotatable bonds is 4. The summed E-state index contributed by atoms with van der Waals surface area (Å²) in [4.78, 5) is 21.0. The lowest BCUT2D eigenvalue weighted by Crippen LogP contribution is -2.44. The molecule has 6 nitrogen and oxygen atoms in total. The lowest BCUT2D eigenvalue weighted by atomic mass is 10.1.